The Bertz CT molecular complexity index is 876. The van der Waals surface area contributed by atoms with Gasteiger partial charge in [-0.2, -0.15) is 0 Å². The van der Waals surface area contributed by atoms with Crippen LogP contribution in [0, 0.1) is 11.8 Å². The Kier molecular flexibility index (Phi) is 7.23. The maximum absolute atomic E-state index is 13.4. The van der Waals surface area contributed by atoms with Crippen molar-refractivity contribution in [1.82, 2.24) is 10.8 Å². The van der Waals surface area contributed by atoms with Crippen LogP contribution < -0.4 is 10.8 Å². The van der Waals surface area contributed by atoms with Gasteiger partial charge in [-0.15, -0.1) is 11.3 Å². The van der Waals surface area contributed by atoms with Crippen molar-refractivity contribution >= 4 is 23.2 Å². The number of carbonyl (C=O) groups is 2. The van der Waals surface area contributed by atoms with Crippen LogP contribution in [-0.2, 0) is 9.53 Å². The molecule has 28 heavy (non-hydrogen) atoms. The first-order valence-corrected chi connectivity index (χ1v) is 8.93. The minimum absolute atomic E-state index is 0.130. The van der Waals surface area contributed by atoms with Gasteiger partial charge in [0.1, 0.15) is 6.04 Å². The summed E-state index contributed by atoms with van der Waals surface area (Å²) < 4.78 is 31.5. The van der Waals surface area contributed by atoms with Crippen molar-refractivity contribution < 1.29 is 28.3 Å². The van der Waals surface area contributed by atoms with Crippen molar-refractivity contribution in [2.75, 3.05) is 7.11 Å². The van der Waals surface area contributed by atoms with E-state index in [4.69, 9.17) is 9.94 Å². The molecule has 2 amide bonds. The molecular weight excluding hydrogens is 390 g/mol. The fourth-order valence-electron chi connectivity index (χ4n) is 2.27. The lowest BCUT2D eigenvalue weighted by molar-refractivity contribution is -0.157. The van der Waals surface area contributed by atoms with Gasteiger partial charge in [-0.25, -0.2) is 14.3 Å². The van der Waals surface area contributed by atoms with E-state index in [0.29, 0.717) is 5.56 Å². The third-order valence-electron chi connectivity index (χ3n) is 4.09. The highest BCUT2D eigenvalue weighted by molar-refractivity contribution is 7.10. The van der Waals surface area contributed by atoms with Gasteiger partial charge in [0.15, 0.2) is 5.60 Å². The maximum Gasteiger partial charge on any atom is 0.269 e. The van der Waals surface area contributed by atoms with E-state index in [0.717, 1.165) is 18.9 Å². The molecule has 6 nitrogen and oxygen atoms in total. The number of hydrogen-bond donors (Lipinski definition) is 3. The lowest BCUT2D eigenvalue weighted by Gasteiger charge is -2.34. The van der Waals surface area contributed by atoms with E-state index < -0.39 is 29.9 Å². The van der Waals surface area contributed by atoms with Gasteiger partial charge in [-0.1, -0.05) is 17.9 Å². The lowest BCUT2D eigenvalue weighted by Crippen LogP contribution is -2.62. The monoisotopic (exact) mass is 408 g/mol. The minimum atomic E-state index is -3.10. The first-order valence-electron chi connectivity index (χ1n) is 8.05. The van der Waals surface area contributed by atoms with Crippen LogP contribution in [0.15, 0.2) is 41.8 Å². The Balaban J connectivity index is 2.18. The second-order valence-corrected chi connectivity index (χ2v) is 6.82. The summed E-state index contributed by atoms with van der Waals surface area (Å²) in [6, 6.07) is 8.03. The molecule has 0 saturated heterocycles. The summed E-state index contributed by atoms with van der Waals surface area (Å²) in [5, 5.41) is 12.9. The number of hydrogen-bond acceptors (Lipinski definition) is 5. The quantitative estimate of drug-likeness (QED) is 0.389. The number of carbonyl (C=O) groups excluding carboxylic acids is 2. The number of alkyl halides is 2. The number of rotatable bonds is 6. The predicted molar refractivity (Wildman–Crippen MR) is 99.3 cm³/mol. The summed E-state index contributed by atoms with van der Waals surface area (Å²) in [7, 11) is 0.983. The zero-order chi connectivity index (χ0) is 20.7. The molecule has 9 heteroatoms. The van der Waals surface area contributed by atoms with E-state index in [1.807, 2.05) is 17.5 Å². The van der Waals surface area contributed by atoms with Crippen molar-refractivity contribution in [3.63, 3.8) is 0 Å². The fraction of sp³-hybridized carbons (Fsp3) is 0.263. The summed E-state index contributed by atoms with van der Waals surface area (Å²) in [4.78, 5) is 25.1. The van der Waals surface area contributed by atoms with Gasteiger partial charge < -0.3 is 10.1 Å². The van der Waals surface area contributed by atoms with Crippen molar-refractivity contribution in [3.8, 4) is 11.8 Å². The van der Waals surface area contributed by atoms with Gasteiger partial charge in [0, 0.05) is 18.2 Å². The average Bonchev–Trinajstić information content (AvgIpc) is 3.23. The van der Waals surface area contributed by atoms with E-state index in [9.17, 15) is 18.4 Å². The molecule has 3 N–H and O–H groups in total. The molecule has 0 radical (unpaired) electrons. The van der Waals surface area contributed by atoms with Crippen LogP contribution in [0.5, 0.6) is 0 Å². The molecule has 1 unspecified atom stereocenters. The molecule has 0 aliphatic heterocycles. The molecule has 148 valence electrons. The van der Waals surface area contributed by atoms with Crippen LogP contribution in [-0.4, -0.2) is 42.2 Å². The average molecular weight is 408 g/mol. The van der Waals surface area contributed by atoms with Gasteiger partial charge in [0.25, 0.3) is 18.2 Å². The van der Waals surface area contributed by atoms with Crippen LogP contribution >= 0.6 is 11.3 Å². The normalized spacial score (nSPS) is 13.8. The smallest absolute Gasteiger partial charge is 0.269 e. The number of nitrogens with one attached hydrogen (secondary N) is 2. The molecular formula is C19H18F2N2O4S. The largest absolute Gasteiger partial charge is 0.370 e. The molecule has 2 rings (SSSR count). The summed E-state index contributed by atoms with van der Waals surface area (Å²) in [5.74, 6) is 3.91. The summed E-state index contributed by atoms with van der Waals surface area (Å²) in [6.45, 7) is 0.959. The van der Waals surface area contributed by atoms with Crippen LogP contribution in [0.2, 0.25) is 0 Å². The molecule has 0 fully saturated rings. The highest BCUT2D eigenvalue weighted by atomic mass is 32.1. The summed E-state index contributed by atoms with van der Waals surface area (Å²) in [5.41, 5.74) is -0.281. The molecule has 0 spiro atoms. The van der Waals surface area contributed by atoms with Crippen molar-refractivity contribution in [1.29, 1.82) is 0 Å². The third kappa shape index (κ3) is 4.92. The Labute approximate surface area is 164 Å². The Morgan fingerprint density at radius 3 is 2.39 bits per heavy atom. The van der Waals surface area contributed by atoms with Gasteiger partial charge in [0.2, 0.25) is 0 Å². The lowest BCUT2D eigenvalue weighted by atomic mass is 9.95. The summed E-state index contributed by atoms with van der Waals surface area (Å²) in [6.07, 6.45) is -3.10. The number of benzene rings is 1. The van der Waals surface area contributed by atoms with Crippen molar-refractivity contribution in [2.24, 2.45) is 0 Å². The predicted octanol–water partition coefficient (Wildman–Crippen LogP) is 2.42. The summed E-state index contributed by atoms with van der Waals surface area (Å²) >= 11 is 1.50. The standard InChI is InChI=1S/C19H18F2N2O4S/c1-19(27-2,18(20)21)15(17(25)23-26)22-16(24)13-8-5-12(6-9-13)7-10-14-4-3-11-28-14/h3-6,8-9,11,15,18,26H,1-2H3,(H,22,24)(H,23,25)/t15-,19?/m1/s1. The van der Waals surface area contributed by atoms with Crippen LogP contribution in [0.4, 0.5) is 8.78 Å². The van der Waals surface area contributed by atoms with Crippen molar-refractivity contribution in [2.45, 2.75) is 25.0 Å². The van der Waals surface area contributed by atoms with Gasteiger partial charge in [0.05, 0.1) is 4.88 Å². The SMILES string of the molecule is COC(C)(C(F)F)[C@H](NC(=O)c1ccc(C#Cc2cccs2)cc1)C(=O)NO. The number of thiophene rings is 1. The number of methoxy groups -OCH3 is 1. The first-order chi connectivity index (χ1) is 13.3. The molecule has 1 heterocycles. The molecule has 2 aromatic rings. The second-order valence-electron chi connectivity index (χ2n) is 5.88. The van der Waals surface area contributed by atoms with Crippen molar-refractivity contribution in [3.05, 3.63) is 57.8 Å². The Morgan fingerprint density at radius 2 is 1.89 bits per heavy atom. The van der Waals surface area contributed by atoms with E-state index >= 15 is 0 Å². The number of amides is 2. The van der Waals surface area contributed by atoms with E-state index in [1.54, 1.807) is 12.1 Å². The maximum atomic E-state index is 13.4. The third-order valence-corrected chi connectivity index (χ3v) is 4.88. The number of halogens is 2. The molecule has 1 aromatic carbocycles. The highest BCUT2D eigenvalue weighted by Gasteiger charge is 2.48. The zero-order valence-corrected chi connectivity index (χ0v) is 15.8. The molecule has 0 bridgehead atoms. The zero-order valence-electron chi connectivity index (χ0n) is 15.0. The first kappa shape index (κ1) is 21.5. The molecule has 0 aliphatic carbocycles. The Morgan fingerprint density at radius 1 is 1.21 bits per heavy atom. The molecule has 1 aromatic heterocycles. The Hall–Kier alpha value is -2.80. The van der Waals surface area contributed by atoms with Gasteiger partial charge in [-0.05, 0) is 42.6 Å². The molecule has 0 aliphatic rings. The van der Waals surface area contributed by atoms with Gasteiger partial charge in [-0.3, -0.25) is 14.8 Å². The van der Waals surface area contributed by atoms with E-state index in [-0.39, 0.29) is 5.56 Å². The molecule has 0 saturated carbocycles. The number of hydroxylamine groups is 1. The molecule has 2 atom stereocenters. The van der Waals surface area contributed by atoms with Crippen LogP contribution in [0.1, 0.15) is 27.7 Å². The van der Waals surface area contributed by atoms with E-state index in [2.05, 4.69) is 17.2 Å². The topological polar surface area (TPSA) is 87.7 Å². The fourth-order valence-corrected chi connectivity index (χ4v) is 2.84. The number of ether oxygens (including phenoxy) is 1. The second kappa shape index (κ2) is 9.41. The van der Waals surface area contributed by atoms with Gasteiger partial charge >= 0.3 is 0 Å². The highest BCUT2D eigenvalue weighted by Crippen LogP contribution is 2.24. The minimum Gasteiger partial charge on any atom is -0.370 e. The van der Waals surface area contributed by atoms with Crippen LogP contribution in [0.25, 0.3) is 0 Å². The van der Waals surface area contributed by atoms with Crippen LogP contribution in [0.3, 0.4) is 0 Å². The van der Waals surface area contributed by atoms with E-state index in [1.165, 1.54) is 28.9 Å².